The molecule has 0 bridgehead atoms. The molecule has 0 aliphatic carbocycles. The molecule has 0 spiro atoms. The fraction of sp³-hybridized carbons (Fsp3) is 0. The Hall–Kier alpha value is -6.17. The van der Waals surface area contributed by atoms with Crippen LogP contribution >= 0.6 is 0 Å². The third-order valence-corrected chi connectivity index (χ3v) is 9.18. The van der Waals surface area contributed by atoms with E-state index in [1.165, 1.54) is 43.4 Å². The molecule has 0 amide bonds. The van der Waals surface area contributed by atoms with Crippen LogP contribution < -0.4 is 0 Å². The lowest BCUT2D eigenvalue weighted by Crippen LogP contribution is -1.93. The number of aromatic nitrogens is 1. The van der Waals surface area contributed by atoms with E-state index in [1.54, 1.807) is 0 Å². The zero-order valence-corrected chi connectivity index (χ0v) is 24.4. The van der Waals surface area contributed by atoms with E-state index in [4.69, 9.17) is 0 Å². The van der Waals surface area contributed by atoms with E-state index in [2.05, 4.69) is 150 Å². The summed E-state index contributed by atoms with van der Waals surface area (Å²) in [5.41, 5.74) is 8.72. The van der Waals surface area contributed by atoms with Crippen LogP contribution in [0.2, 0.25) is 0 Å². The van der Waals surface area contributed by atoms with Gasteiger partial charge in [-0.25, -0.2) is 0 Å². The van der Waals surface area contributed by atoms with Crippen molar-refractivity contribution >= 4 is 54.1 Å². The zero-order chi connectivity index (χ0) is 29.9. The molecule has 0 N–H and O–H groups in total. The summed E-state index contributed by atoms with van der Waals surface area (Å²) in [6.45, 7) is 0. The highest BCUT2D eigenvalue weighted by Crippen LogP contribution is 2.40. The molecule has 0 saturated carbocycles. The number of para-hydroxylation sites is 1. The van der Waals surface area contributed by atoms with Crippen LogP contribution in [-0.4, -0.2) is 4.57 Å². The van der Waals surface area contributed by atoms with E-state index in [0.717, 1.165) is 38.6 Å². The maximum Gasteiger partial charge on any atom is 0.0991 e. The molecule has 2 heteroatoms. The van der Waals surface area contributed by atoms with Crippen molar-refractivity contribution in [3.05, 3.63) is 163 Å². The molecule has 0 unspecified atom stereocenters. The summed E-state index contributed by atoms with van der Waals surface area (Å²) < 4.78 is 2.29. The quantitative estimate of drug-likeness (QED) is 0.194. The van der Waals surface area contributed by atoms with Gasteiger partial charge in [0.25, 0.3) is 0 Å². The summed E-state index contributed by atoms with van der Waals surface area (Å²) in [6.07, 6.45) is 0. The number of benzene rings is 8. The summed E-state index contributed by atoms with van der Waals surface area (Å²) >= 11 is 0. The van der Waals surface area contributed by atoms with Gasteiger partial charge in [0.1, 0.15) is 0 Å². The Morgan fingerprint density at radius 3 is 1.91 bits per heavy atom. The minimum absolute atomic E-state index is 0.665. The summed E-state index contributed by atoms with van der Waals surface area (Å²) in [7, 11) is 0. The largest absolute Gasteiger partial charge is 0.309 e. The van der Waals surface area contributed by atoms with Crippen LogP contribution in [0.25, 0.3) is 82.1 Å². The topological polar surface area (TPSA) is 28.7 Å². The monoisotopic (exact) mass is 570 g/mol. The van der Waals surface area contributed by atoms with Gasteiger partial charge in [0.15, 0.2) is 0 Å². The van der Waals surface area contributed by atoms with Gasteiger partial charge in [-0.05, 0) is 109 Å². The van der Waals surface area contributed by atoms with Gasteiger partial charge in [-0.1, -0.05) is 103 Å². The highest BCUT2D eigenvalue weighted by atomic mass is 15.0. The van der Waals surface area contributed by atoms with E-state index in [-0.39, 0.29) is 0 Å². The zero-order valence-electron chi connectivity index (χ0n) is 24.4. The lowest BCUT2D eigenvalue weighted by molar-refractivity contribution is 1.18. The van der Waals surface area contributed by atoms with Crippen LogP contribution in [0.15, 0.2) is 158 Å². The lowest BCUT2D eigenvalue weighted by Gasteiger charge is -2.14. The molecule has 1 heterocycles. The van der Waals surface area contributed by atoms with E-state index in [0.29, 0.717) is 5.56 Å². The fourth-order valence-electron chi connectivity index (χ4n) is 7.09. The maximum atomic E-state index is 9.71. The van der Waals surface area contributed by atoms with Crippen LogP contribution in [0.4, 0.5) is 0 Å². The van der Waals surface area contributed by atoms with Gasteiger partial charge in [-0.3, -0.25) is 0 Å². The number of hydrogen-bond acceptors (Lipinski definition) is 1. The van der Waals surface area contributed by atoms with Crippen molar-refractivity contribution in [3.63, 3.8) is 0 Å². The first-order valence-corrected chi connectivity index (χ1v) is 15.2. The van der Waals surface area contributed by atoms with Gasteiger partial charge < -0.3 is 4.57 Å². The van der Waals surface area contributed by atoms with Crippen molar-refractivity contribution < 1.29 is 0 Å². The standard InChI is InChI=1S/C43H26N2/c44-27-28-17-21-42-40(23-28)41-25-31(19-22-43(41)45(42)33-12-2-1-3-13-33)30-10-8-11-32(24-30)38-26-39-34-14-5-4-9-29(34)18-20-37(39)35-15-6-7-16-36(35)38/h1-26H. The normalized spacial score (nSPS) is 11.5. The molecule has 9 aromatic rings. The van der Waals surface area contributed by atoms with E-state index >= 15 is 0 Å². The Morgan fingerprint density at radius 1 is 0.400 bits per heavy atom. The second kappa shape index (κ2) is 9.95. The average molecular weight is 571 g/mol. The number of nitriles is 1. The van der Waals surface area contributed by atoms with Crippen LogP contribution in [0.1, 0.15) is 5.56 Å². The highest BCUT2D eigenvalue weighted by Gasteiger charge is 2.15. The summed E-state index contributed by atoms with van der Waals surface area (Å²) in [5, 5.41) is 19.5. The molecular weight excluding hydrogens is 544 g/mol. The Balaban J connectivity index is 1.26. The van der Waals surface area contributed by atoms with Crippen molar-refractivity contribution in [2.24, 2.45) is 0 Å². The summed E-state index contributed by atoms with van der Waals surface area (Å²) in [5.74, 6) is 0. The first-order valence-electron chi connectivity index (χ1n) is 15.2. The van der Waals surface area contributed by atoms with Crippen LogP contribution in [0.3, 0.4) is 0 Å². The molecule has 1 aromatic heterocycles. The molecule has 9 rings (SSSR count). The van der Waals surface area contributed by atoms with Crippen molar-refractivity contribution in [3.8, 4) is 34.0 Å². The molecule has 0 aliphatic heterocycles. The molecule has 0 saturated heterocycles. The van der Waals surface area contributed by atoms with E-state index in [9.17, 15) is 5.26 Å². The molecule has 208 valence electrons. The first-order chi connectivity index (χ1) is 22.3. The number of nitrogens with zero attached hydrogens (tertiary/aromatic N) is 2. The van der Waals surface area contributed by atoms with Gasteiger partial charge in [0.2, 0.25) is 0 Å². The van der Waals surface area contributed by atoms with E-state index < -0.39 is 0 Å². The Bertz CT molecular complexity index is 2650. The molecule has 0 atom stereocenters. The minimum Gasteiger partial charge on any atom is -0.309 e. The molecule has 2 nitrogen and oxygen atoms in total. The number of hydrogen-bond donors (Lipinski definition) is 0. The smallest absolute Gasteiger partial charge is 0.0991 e. The van der Waals surface area contributed by atoms with Gasteiger partial charge in [0.05, 0.1) is 22.7 Å². The molecule has 8 aromatic carbocycles. The van der Waals surface area contributed by atoms with Gasteiger partial charge >= 0.3 is 0 Å². The van der Waals surface area contributed by atoms with Gasteiger partial charge in [0, 0.05) is 16.5 Å². The molecule has 45 heavy (non-hydrogen) atoms. The molecular formula is C43H26N2. The number of fused-ring (bicyclic) bond motifs is 8. The fourth-order valence-corrected chi connectivity index (χ4v) is 7.09. The number of rotatable bonds is 3. The maximum absolute atomic E-state index is 9.71. The highest BCUT2D eigenvalue weighted by molar-refractivity contribution is 6.21. The summed E-state index contributed by atoms with van der Waals surface area (Å²) in [6, 6.07) is 58.6. The Labute approximate surface area is 260 Å². The second-order valence-electron chi connectivity index (χ2n) is 11.7. The summed E-state index contributed by atoms with van der Waals surface area (Å²) in [4.78, 5) is 0. The lowest BCUT2D eigenvalue weighted by atomic mass is 9.90. The van der Waals surface area contributed by atoms with Crippen molar-refractivity contribution in [2.45, 2.75) is 0 Å². The first kappa shape index (κ1) is 25.3. The van der Waals surface area contributed by atoms with Crippen LogP contribution in [-0.2, 0) is 0 Å². The molecule has 0 aliphatic rings. The Kier molecular flexibility index (Phi) is 5.60. The predicted molar refractivity (Wildman–Crippen MR) is 189 cm³/mol. The minimum atomic E-state index is 0.665. The second-order valence-corrected chi connectivity index (χ2v) is 11.7. The van der Waals surface area contributed by atoms with Gasteiger partial charge in [-0.2, -0.15) is 5.26 Å². The van der Waals surface area contributed by atoms with Crippen molar-refractivity contribution in [1.29, 1.82) is 5.26 Å². The average Bonchev–Trinajstić information content (AvgIpc) is 3.44. The third kappa shape index (κ3) is 3.95. The SMILES string of the molecule is N#Cc1ccc2c(c1)c1cc(-c3cccc(-c4cc5c6ccccc6ccc5c5ccccc45)c3)ccc1n2-c1ccccc1. The Morgan fingerprint density at radius 2 is 1.07 bits per heavy atom. The van der Waals surface area contributed by atoms with Crippen LogP contribution in [0, 0.1) is 11.3 Å². The van der Waals surface area contributed by atoms with E-state index in [1.807, 2.05) is 18.2 Å². The third-order valence-electron chi connectivity index (χ3n) is 9.18. The van der Waals surface area contributed by atoms with Crippen LogP contribution in [0.5, 0.6) is 0 Å². The van der Waals surface area contributed by atoms with Crippen molar-refractivity contribution in [2.75, 3.05) is 0 Å². The molecule has 0 radical (unpaired) electrons. The van der Waals surface area contributed by atoms with Crippen molar-refractivity contribution in [1.82, 2.24) is 4.57 Å². The predicted octanol–water partition coefficient (Wildman–Crippen LogP) is 11.4. The molecule has 0 fully saturated rings. The van der Waals surface area contributed by atoms with Gasteiger partial charge in [-0.15, -0.1) is 0 Å².